The number of hydrogen-bond acceptors (Lipinski definition) is 6. The summed E-state index contributed by atoms with van der Waals surface area (Å²) in [6.07, 6.45) is 5.87. The van der Waals surface area contributed by atoms with Gasteiger partial charge >= 0.3 is 0 Å². The molecule has 0 atom stereocenters. The molecule has 1 fully saturated rings. The predicted molar refractivity (Wildman–Crippen MR) is 104 cm³/mol. The zero-order valence-corrected chi connectivity index (χ0v) is 15.8. The minimum atomic E-state index is 0.511. The fourth-order valence-electron chi connectivity index (χ4n) is 3.35. The lowest BCUT2D eigenvalue weighted by Gasteiger charge is -2.14. The van der Waals surface area contributed by atoms with Gasteiger partial charge in [0.15, 0.2) is 11.5 Å². The van der Waals surface area contributed by atoms with Crippen LogP contribution in [0.25, 0.3) is 0 Å². The Hall–Kier alpha value is -2.50. The van der Waals surface area contributed by atoms with E-state index >= 15 is 0 Å². The summed E-state index contributed by atoms with van der Waals surface area (Å²) in [6.45, 7) is 2.79. The van der Waals surface area contributed by atoms with Crippen LogP contribution < -0.4 is 20.1 Å². The number of ether oxygens (including phenoxy) is 2. The predicted octanol–water partition coefficient (Wildman–Crippen LogP) is 3.81. The fourth-order valence-corrected chi connectivity index (χ4v) is 3.35. The number of anilines is 2. The Morgan fingerprint density at radius 1 is 1.04 bits per heavy atom. The van der Waals surface area contributed by atoms with Gasteiger partial charge in [0.1, 0.15) is 5.82 Å². The van der Waals surface area contributed by atoms with Gasteiger partial charge in [0.2, 0.25) is 5.95 Å². The van der Waals surface area contributed by atoms with Crippen LogP contribution >= 0.6 is 0 Å². The Labute approximate surface area is 155 Å². The van der Waals surface area contributed by atoms with Gasteiger partial charge in [-0.15, -0.1) is 0 Å². The molecule has 0 saturated heterocycles. The second kappa shape index (κ2) is 8.74. The summed E-state index contributed by atoms with van der Waals surface area (Å²) < 4.78 is 10.6. The van der Waals surface area contributed by atoms with E-state index in [1.807, 2.05) is 25.1 Å². The Morgan fingerprint density at radius 2 is 1.81 bits per heavy atom. The minimum Gasteiger partial charge on any atom is -0.493 e. The maximum atomic E-state index is 5.36. The topological polar surface area (TPSA) is 68.3 Å². The third kappa shape index (κ3) is 4.77. The quantitative estimate of drug-likeness (QED) is 0.750. The van der Waals surface area contributed by atoms with Crippen molar-refractivity contribution in [2.24, 2.45) is 0 Å². The summed E-state index contributed by atoms with van der Waals surface area (Å²) in [5.41, 5.74) is 2.15. The molecule has 0 aliphatic heterocycles. The number of nitrogens with zero attached hydrogens (tertiary/aromatic N) is 2. The summed E-state index contributed by atoms with van der Waals surface area (Å²) in [5, 5.41) is 6.87. The van der Waals surface area contributed by atoms with Crippen molar-refractivity contribution in [1.29, 1.82) is 0 Å². The van der Waals surface area contributed by atoms with Crippen molar-refractivity contribution in [3.63, 3.8) is 0 Å². The van der Waals surface area contributed by atoms with E-state index in [4.69, 9.17) is 9.47 Å². The fraction of sp³-hybridized carbons (Fsp3) is 0.500. The average molecular weight is 356 g/mol. The lowest BCUT2D eigenvalue weighted by Crippen LogP contribution is -2.18. The van der Waals surface area contributed by atoms with Crippen molar-refractivity contribution in [3.05, 3.63) is 35.5 Å². The van der Waals surface area contributed by atoms with Crippen molar-refractivity contribution in [2.75, 3.05) is 31.4 Å². The molecule has 140 valence electrons. The zero-order chi connectivity index (χ0) is 18.4. The molecule has 6 heteroatoms. The number of methoxy groups -OCH3 is 2. The molecular formula is C20H28N4O2. The van der Waals surface area contributed by atoms with Gasteiger partial charge in [-0.1, -0.05) is 18.9 Å². The van der Waals surface area contributed by atoms with Crippen molar-refractivity contribution < 1.29 is 9.47 Å². The van der Waals surface area contributed by atoms with Crippen LogP contribution in [0.5, 0.6) is 11.5 Å². The van der Waals surface area contributed by atoms with E-state index in [1.165, 1.54) is 31.2 Å². The molecular weight excluding hydrogens is 328 g/mol. The highest BCUT2D eigenvalue weighted by Crippen LogP contribution is 2.27. The summed E-state index contributed by atoms with van der Waals surface area (Å²) in [5.74, 6) is 3.09. The number of aryl methyl sites for hydroxylation is 1. The number of aromatic nitrogens is 2. The summed E-state index contributed by atoms with van der Waals surface area (Å²) >= 11 is 0. The van der Waals surface area contributed by atoms with E-state index < -0.39 is 0 Å². The Bertz CT molecular complexity index is 730. The maximum Gasteiger partial charge on any atom is 0.225 e. The van der Waals surface area contributed by atoms with E-state index in [1.54, 1.807) is 14.2 Å². The van der Waals surface area contributed by atoms with Crippen LogP contribution in [-0.4, -0.2) is 36.8 Å². The zero-order valence-electron chi connectivity index (χ0n) is 15.8. The molecule has 3 rings (SSSR count). The summed E-state index contributed by atoms with van der Waals surface area (Å²) in [6, 6.07) is 8.50. The second-order valence-electron chi connectivity index (χ2n) is 6.71. The molecule has 1 aliphatic rings. The molecule has 1 heterocycles. The molecule has 1 aromatic heterocycles. The Morgan fingerprint density at radius 3 is 2.54 bits per heavy atom. The first-order valence-corrected chi connectivity index (χ1v) is 9.25. The van der Waals surface area contributed by atoms with Crippen LogP contribution in [0.15, 0.2) is 24.3 Å². The summed E-state index contributed by atoms with van der Waals surface area (Å²) in [4.78, 5) is 9.12. The van der Waals surface area contributed by atoms with Crippen LogP contribution in [0.1, 0.15) is 36.9 Å². The van der Waals surface area contributed by atoms with Crippen molar-refractivity contribution in [1.82, 2.24) is 9.97 Å². The molecule has 6 nitrogen and oxygen atoms in total. The molecule has 0 unspecified atom stereocenters. The van der Waals surface area contributed by atoms with Gasteiger partial charge in [-0.3, -0.25) is 0 Å². The van der Waals surface area contributed by atoms with E-state index in [0.29, 0.717) is 6.04 Å². The molecule has 2 N–H and O–H groups in total. The average Bonchev–Trinajstić information content (AvgIpc) is 3.14. The summed E-state index contributed by atoms with van der Waals surface area (Å²) in [7, 11) is 3.30. The van der Waals surface area contributed by atoms with Gasteiger partial charge in [0.05, 0.1) is 14.2 Å². The standard InChI is InChI=1S/C20H28N4O2/c1-14-12-19(24-20(22-14)23-16-6-4-5-7-16)21-11-10-15-8-9-17(25-2)18(13-15)26-3/h8-9,12-13,16H,4-7,10-11H2,1-3H3,(H2,21,22,23,24). The van der Waals surface area contributed by atoms with Gasteiger partial charge in [-0.2, -0.15) is 4.98 Å². The SMILES string of the molecule is COc1ccc(CCNc2cc(C)nc(NC3CCCC3)n2)cc1OC. The molecule has 0 amide bonds. The lowest BCUT2D eigenvalue weighted by molar-refractivity contribution is 0.354. The monoisotopic (exact) mass is 356 g/mol. The van der Waals surface area contributed by atoms with Gasteiger partial charge in [-0.25, -0.2) is 4.98 Å². The molecule has 26 heavy (non-hydrogen) atoms. The van der Waals surface area contributed by atoms with Crippen molar-refractivity contribution in [3.8, 4) is 11.5 Å². The number of hydrogen-bond donors (Lipinski definition) is 2. The highest BCUT2D eigenvalue weighted by molar-refractivity contribution is 5.44. The van der Waals surface area contributed by atoms with Crippen LogP contribution in [0.2, 0.25) is 0 Å². The molecule has 1 saturated carbocycles. The maximum absolute atomic E-state index is 5.36. The van der Waals surface area contributed by atoms with Gasteiger partial charge < -0.3 is 20.1 Å². The highest BCUT2D eigenvalue weighted by atomic mass is 16.5. The third-order valence-electron chi connectivity index (χ3n) is 4.71. The molecule has 0 radical (unpaired) electrons. The van der Waals surface area contributed by atoms with Crippen LogP contribution in [-0.2, 0) is 6.42 Å². The van der Waals surface area contributed by atoms with E-state index in [2.05, 4.69) is 26.7 Å². The number of rotatable bonds is 8. The van der Waals surface area contributed by atoms with Gasteiger partial charge in [0.25, 0.3) is 0 Å². The number of nitrogens with one attached hydrogen (secondary N) is 2. The number of benzene rings is 1. The van der Waals surface area contributed by atoms with Crippen LogP contribution in [0, 0.1) is 6.92 Å². The van der Waals surface area contributed by atoms with Gasteiger partial charge in [-0.05, 0) is 43.9 Å². The molecule has 2 aromatic rings. The van der Waals surface area contributed by atoms with Crippen LogP contribution in [0.4, 0.5) is 11.8 Å². The van der Waals surface area contributed by atoms with E-state index in [-0.39, 0.29) is 0 Å². The van der Waals surface area contributed by atoms with Crippen molar-refractivity contribution >= 4 is 11.8 Å². The van der Waals surface area contributed by atoms with Crippen molar-refractivity contribution in [2.45, 2.75) is 45.1 Å². The first-order valence-electron chi connectivity index (χ1n) is 9.25. The first-order chi connectivity index (χ1) is 12.7. The second-order valence-corrected chi connectivity index (χ2v) is 6.71. The molecule has 1 aromatic carbocycles. The minimum absolute atomic E-state index is 0.511. The normalized spacial score (nSPS) is 14.3. The highest BCUT2D eigenvalue weighted by Gasteiger charge is 2.16. The van der Waals surface area contributed by atoms with Crippen LogP contribution in [0.3, 0.4) is 0 Å². The molecule has 1 aliphatic carbocycles. The van der Waals surface area contributed by atoms with Gasteiger partial charge in [0, 0.05) is 24.3 Å². The third-order valence-corrected chi connectivity index (χ3v) is 4.71. The smallest absolute Gasteiger partial charge is 0.225 e. The Balaban J connectivity index is 1.58. The molecule has 0 spiro atoms. The largest absolute Gasteiger partial charge is 0.493 e. The first kappa shape index (κ1) is 18.3. The Kier molecular flexibility index (Phi) is 6.15. The van der Waals surface area contributed by atoms with E-state index in [0.717, 1.165) is 41.9 Å². The van der Waals surface area contributed by atoms with E-state index in [9.17, 15) is 0 Å². The lowest BCUT2D eigenvalue weighted by atomic mass is 10.1. The molecule has 0 bridgehead atoms.